The topological polar surface area (TPSA) is 73.9 Å². The van der Waals surface area contributed by atoms with Gasteiger partial charge in [0.2, 0.25) is 0 Å². The molecule has 25 heavy (non-hydrogen) atoms. The Balaban J connectivity index is 1.71. The molecule has 0 atom stereocenters. The molecule has 0 aromatic heterocycles. The standard InChI is InChI=1S/C19H27NO5/c1-23-16-10-9-15(12-17(16)24-2)20-18(21)13-25-19(22)11-8-14-6-4-3-5-7-14/h9-10,12,14H,3-8,11,13H2,1-2H3,(H,20,21). The normalized spacial score (nSPS) is 14.6. The molecule has 1 amide bonds. The van der Waals surface area contributed by atoms with Crippen LogP contribution in [0.15, 0.2) is 18.2 Å². The lowest BCUT2D eigenvalue weighted by atomic mass is 9.86. The molecule has 1 aliphatic rings. The smallest absolute Gasteiger partial charge is 0.306 e. The van der Waals surface area contributed by atoms with E-state index in [1.54, 1.807) is 25.3 Å². The van der Waals surface area contributed by atoms with Crippen molar-refractivity contribution >= 4 is 17.6 Å². The van der Waals surface area contributed by atoms with E-state index in [4.69, 9.17) is 14.2 Å². The molecular formula is C19H27NO5. The predicted molar refractivity (Wildman–Crippen MR) is 94.9 cm³/mol. The highest BCUT2D eigenvalue weighted by Gasteiger charge is 2.16. The molecule has 6 nitrogen and oxygen atoms in total. The molecule has 1 aliphatic carbocycles. The number of esters is 1. The van der Waals surface area contributed by atoms with E-state index >= 15 is 0 Å². The molecule has 6 heteroatoms. The van der Waals surface area contributed by atoms with E-state index in [2.05, 4.69) is 5.32 Å². The van der Waals surface area contributed by atoms with Gasteiger partial charge in [0, 0.05) is 18.2 Å². The zero-order valence-corrected chi connectivity index (χ0v) is 15.0. The largest absolute Gasteiger partial charge is 0.493 e. The van der Waals surface area contributed by atoms with Gasteiger partial charge in [-0.05, 0) is 24.5 Å². The second-order valence-electron chi connectivity index (χ2n) is 6.32. The van der Waals surface area contributed by atoms with Crippen LogP contribution in [-0.4, -0.2) is 32.7 Å². The maximum Gasteiger partial charge on any atom is 0.306 e. The Hall–Kier alpha value is -2.24. The van der Waals surface area contributed by atoms with Crippen molar-refractivity contribution in [2.24, 2.45) is 5.92 Å². The summed E-state index contributed by atoms with van der Waals surface area (Å²) in [7, 11) is 3.07. The van der Waals surface area contributed by atoms with Crippen molar-refractivity contribution < 1.29 is 23.8 Å². The van der Waals surface area contributed by atoms with Crippen LogP contribution in [0.1, 0.15) is 44.9 Å². The molecular weight excluding hydrogens is 322 g/mol. The number of nitrogens with one attached hydrogen (secondary N) is 1. The van der Waals surface area contributed by atoms with E-state index in [-0.39, 0.29) is 18.5 Å². The molecule has 0 radical (unpaired) electrons. The third-order valence-corrected chi connectivity index (χ3v) is 4.51. The number of ether oxygens (including phenoxy) is 3. The predicted octanol–water partition coefficient (Wildman–Crippen LogP) is 3.55. The number of methoxy groups -OCH3 is 2. The van der Waals surface area contributed by atoms with Crippen LogP contribution in [0.4, 0.5) is 5.69 Å². The fourth-order valence-corrected chi connectivity index (χ4v) is 3.13. The molecule has 1 fully saturated rings. The number of amides is 1. The van der Waals surface area contributed by atoms with E-state index in [1.807, 2.05) is 0 Å². The van der Waals surface area contributed by atoms with Crippen LogP contribution in [0.5, 0.6) is 11.5 Å². The van der Waals surface area contributed by atoms with Gasteiger partial charge >= 0.3 is 5.97 Å². The fraction of sp³-hybridized carbons (Fsp3) is 0.579. The first-order valence-corrected chi connectivity index (χ1v) is 8.80. The third-order valence-electron chi connectivity index (χ3n) is 4.51. The van der Waals surface area contributed by atoms with E-state index < -0.39 is 0 Å². The molecule has 1 saturated carbocycles. The van der Waals surface area contributed by atoms with Gasteiger partial charge in [0.25, 0.3) is 5.91 Å². The summed E-state index contributed by atoms with van der Waals surface area (Å²) in [5.41, 5.74) is 0.556. The van der Waals surface area contributed by atoms with E-state index in [1.165, 1.54) is 39.2 Å². The zero-order valence-electron chi connectivity index (χ0n) is 15.0. The lowest BCUT2D eigenvalue weighted by molar-refractivity contribution is -0.147. The van der Waals surface area contributed by atoms with Crippen LogP contribution in [-0.2, 0) is 14.3 Å². The maximum absolute atomic E-state index is 11.9. The van der Waals surface area contributed by atoms with Gasteiger partial charge in [0.05, 0.1) is 14.2 Å². The van der Waals surface area contributed by atoms with Gasteiger partial charge in [-0.3, -0.25) is 9.59 Å². The molecule has 0 saturated heterocycles. The second kappa shape index (κ2) is 9.91. The SMILES string of the molecule is COc1ccc(NC(=O)COC(=O)CCC2CCCCC2)cc1OC. The summed E-state index contributed by atoms with van der Waals surface area (Å²) in [6.45, 7) is -0.280. The Morgan fingerprint density at radius 2 is 1.80 bits per heavy atom. The van der Waals surface area contributed by atoms with Gasteiger partial charge in [-0.15, -0.1) is 0 Å². The summed E-state index contributed by atoms with van der Waals surface area (Å²) in [5, 5.41) is 2.68. The van der Waals surface area contributed by atoms with Crippen molar-refractivity contribution in [2.45, 2.75) is 44.9 Å². The van der Waals surface area contributed by atoms with Crippen molar-refractivity contribution in [1.29, 1.82) is 0 Å². The van der Waals surface area contributed by atoms with Crippen LogP contribution in [0, 0.1) is 5.92 Å². The summed E-state index contributed by atoms with van der Waals surface area (Å²) in [6, 6.07) is 5.05. The molecule has 1 N–H and O–H groups in total. The van der Waals surface area contributed by atoms with Crippen molar-refractivity contribution in [3.8, 4) is 11.5 Å². The molecule has 0 heterocycles. The van der Waals surface area contributed by atoms with Gasteiger partial charge < -0.3 is 19.5 Å². The minimum atomic E-state index is -0.377. The molecule has 2 rings (SSSR count). The Kier molecular flexibility index (Phi) is 7.57. The molecule has 0 aliphatic heterocycles. The van der Waals surface area contributed by atoms with Crippen LogP contribution in [0.3, 0.4) is 0 Å². The Morgan fingerprint density at radius 3 is 2.48 bits per heavy atom. The number of benzene rings is 1. The Bertz CT molecular complexity index is 581. The average molecular weight is 349 g/mol. The van der Waals surface area contributed by atoms with E-state index in [0.29, 0.717) is 29.5 Å². The van der Waals surface area contributed by atoms with Crippen molar-refractivity contribution in [1.82, 2.24) is 0 Å². The van der Waals surface area contributed by atoms with E-state index in [9.17, 15) is 9.59 Å². The summed E-state index contributed by atoms with van der Waals surface area (Å²) in [5.74, 6) is 1.03. The van der Waals surface area contributed by atoms with Crippen molar-refractivity contribution in [3.63, 3.8) is 0 Å². The van der Waals surface area contributed by atoms with Gasteiger partial charge in [-0.1, -0.05) is 32.1 Å². The number of hydrogen-bond donors (Lipinski definition) is 1. The molecule has 0 unspecified atom stereocenters. The monoisotopic (exact) mass is 349 g/mol. The highest BCUT2D eigenvalue weighted by Crippen LogP contribution is 2.30. The quantitative estimate of drug-likeness (QED) is 0.727. The van der Waals surface area contributed by atoms with Gasteiger partial charge in [-0.25, -0.2) is 0 Å². The maximum atomic E-state index is 11.9. The van der Waals surface area contributed by atoms with Gasteiger partial charge in [0.15, 0.2) is 18.1 Å². The van der Waals surface area contributed by atoms with Gasteiger partial charge in [-0.2, -0.15) is 0 Å². The first kappa shape index (κ1) is 19.1. The molecule has 138 valence electrons. The average Bonchev–Trinajstić information content (AvgIpc) is 2.65. The number of carbonyl (C=O) groups excluding carboxylic acids is 2. The summed E-state index contributed by atoms with van der Waals surface area (Å²) >= 11 is 0. The Morgan fingerprint density at radius 1 is 1.08 bits per heavy atom. The minimum absolute atomic E-state index is 0.280. The van der Waals surface area contributed by atoms with Crippen LogP contribution >= 0.6 is 0 Å². The highest BCUT2D eigenvalue weighted by molar-refractivity contribution is 5.93. The molecule has 0 spiro atoms. The number of hydrogen-bond acceptors (Lipinski definition) is 5. The van der Waals surface area contributed by atoms with Crippen LogP contribution < -0.4 is 14.8 Å². The van der Waals surface area contributed by atoms with Crippen molar-refractivity contribution in [3.05, 3.63) is 18.2 Å². The number of carbonyl (C=O) groups is 2. The van der Waals surface area contributed by atoms with Gasteiger partial charge in [0.1, 0.15) is 0 Å². The first-order chi connectivity index (χ1) is 12.1. The summed E-state index contributed by atoms with van der Waals surface area (Å²) < 4.78 is 15.4. The lowest BCUT2D eigenvalue weighted by Gasteiger charge is -2.20. The fourth-order valence-electron chi connectivity index (χ4n) is 3.13. The number of rotatable bonds is 8. The lowest BCUT2D eigenvalue weighted by Crippen LogP contribution is -2.21. The molecule has 1 aromatic rings. The second-order valence-corrected chi connectivity index (χ2v) is 6.32. The van der Waals surface area contributed by atoms with Crippen LogP contribution in [0.25, 0.3) is 0 Å². The van der Waals surface area contributed by atoms with E-state index in [0.717, 1.165) is 6.42 Å². The van der Waals surface area contributed by atoms with Crippen molar-refractivity contribution in [2.75, 3.05) is 26.1 Å². The third kappa shape index (κ3) is 6.29. The number of anilines is 1. The Labute approximate surface area is 148 Å². The highest BCUT2D eigenvalue weighted by atomic mass is 16.5. The summed E-state index contributed by atoms with van der Waals surface area (Å²) in [6.07, 6.45) is 7.46. The molecule has 1 aromatic carbocycles. The van der Waals surface area contributed by atoms with Crippen LogP contribution in [0.2, 0.25) is 0 Å². The minimum Gasteiger partial charge on any atom is -0.493 e. The zero-order chi connectivity index (χ0) is 18.1. The first-order valence-electron chi connectivity index (χ1n) is 8.80. The summed E-state index contributed by atoms with van der Waals surface area (Å²) in [4.78, 5) is 23.7. The molecule has 0 bridgehead atoms.